The number of halogens is 1. The van der Waals surface area contributed by atoms with Gasteiger partial charge in [-0.3, -0.25) is 0 Å². The molecule has 1 heterocycles. The van der Waals surface area contributed by atoms with E-state index in [1.165, 1.54) is 6.07 Å². The summed E-state index contributed by atoms with van der Waals surface area (Å²) >= 11 is 6.01. The van der Waals surface area contributed by atoms with E-state index in [2.05, 4.69) is 6.92 Å². The molecule has 1 aromatic carbocycles. The second-order valence-electron chi connectivity index (χ2n) is 5.79. The molecule has 1 N–H and O–H groups in total. The average Bonchev–Trinajstić information content (AvgIpc) is 2.66. The van der Waals surface area contributed by atoms with Crippen molar-refractivity contribution in [2.24, 2.45) is 5.92 Å². The highest BCUT2D eigenvalue weighted by molar-refractivity contribution is 7.89. The lowest BCUT2D eigenvalue weighted by atomic mass is 10.0. The standard InChI is InChI=1S/C15H22ClNO3S/c1-11-4-3-6-17(7-5-11)21(19,20)15-9-14(16)8-13(10-18)12(15)2/h8-9,11,18H,3-7,10H2,1-2H3. The first-order valence-electron chi connectivity index (χ1n) is 7.26. The molecule has 4 nitrogen and oxygen atoms in total. The van der Waals surface area contributed by atoms with Gasteiger partial charge in [0.2, 0.25) is 10.0 Å². The first kappa shape index (κ1) is 16.7. The molecule has 0 spiro atoms. The molecule has 1 atom stereocenters. The number of aliphatic hydroxyl groups is 1. The van der Waals surface area contributed by atoms with E-state index in [-0.39, 0.29) is 11.5 Å². The molecule has 0 radical (unpaired) electrons. The number of hydrogen-bond donors (Lipinski definition) is 1. The van der Waals surface area contributed by atoms with E-state index in [0.29, 0.717) is 35.2 Å². The summed E-state index contributed by atoms with van der Waals surface area (Å²) in [7, 11) is -3.56. The van der Waals surface area contributed by atoms with Gasteiger partial charge in [0.05, 0.1) is 11.5 Å². The molecule has 0 aliphatic carbocycles. The van der Waals surface area contributed by atoms with Gasteiger partial charge >= 0.3 is 0 Å². The number of sulfonamides is 1. The molecule has 118 valence electrons. The number of nitrogens with zero attached hydrogens (tertiary/aromatic N) is 1. The topological polar surface area (TPSA) is 57.6 Å². The van der Waals surface area contributed by atoms with E-state index in [1.54, 1.807) is 17.3 Å². The van der Waals surface area contributed by atoms with E-state index in [9.17, 15) is 13.5 Å². The normalized spacial score (nSPS) is 21.2. The van der Waals surface area contributed by atoms with Crippen molar-refractivity contribution in [3.63, 3.8) is 0 Å². The summed E-state index contributed by atoms with van der Waals surface area (Å²) in [4.78, 5) is 0.216. The molecular weight excluding hydrogens is 310 g/mol. The average molecular weight is 332 g/mol. The van der Waals surface area contributed by atoms with Crippen LogP contribution in [-0.2, 0) is 16.6 Å². The van der Waals surface area contributed by atoms with Gasteiger partial charge in [0.25, 0.3) is 0 Å². The maximum atomic E-state index is 12.9. The number of rotatable bonds is 3. The van der Waals surface area contributed by atoms with Crippen LogP contribution in [0.15, 0.2) is 17.0 Å². The van der Waals surface area contributed by atoms with E-state index in [1.807, 2.05) is 0 Å². The van der Waals surface area contributed by atoms with Crippen LogP contribution in [0.1, 0.15) is 37.3 Å². The third kappa shape index (κ3) is 3.59. The van der Waals surface area contributed by atoms with Gasteiger partial charge in [0.15, 0.2) is 0 Å². The minimum atomic E-state index is -3.56. The van der Waals surface area contributed by atoms with Crippen LogP contribution >= 0.6 is 11.6 Å². The van der Waals surface area contributed by atoms with Gasteiger partial charge in [-0.15, -0.1) is 0 Å². The zero-order valence-electron chi connectivity index (χ0n) is 12.5. The Morgan fingerprint density at radius 2 is 2.05 bits per heavy atom. The summed E-state index contributed by atoms with van der Waals surface area (Å²) < 4.78 is 27.3. The van der Waals surface area contributed by atoms with E-state index >= 15 is 0 Å². The van der Waals surface area contributed by atoms with Crippen LogP contribution in [0, 0.1) is 12.8 Å². The molecule has 1 fully saturated rings. The Morgan fingerprint density at radius 3 is 2.71 bits per heavy atom. The van der Waals surface area contributed by atoms with Crippen molar-refractivity contribution >= 4 is 21.6 Å². The van der Waals surface area contributed by atoms with Crippen molar-refractivity contribution in [2.45, 2.75) is 44.6 Å². The Hall–Kier alpha value is -0.620. The fourth-order valence-electron chi connectivity index (χ4n) is 2.76. The lowest BCUT2D eigenvalue weighted by Gasteiger charge is -2.22. The maximum absolute atomic E-state index is 12.9. The van der Waals surface area contributed by atoms with Gasteiger partial charge in [0.1, 0.15) is 0 Å². The van der Waals surface area contributed by atoms with Crippen LogP contribution < -0.4 is 0 Å². The molecule has 1 saturated heterocycles. The van der Waals surface area contributed by atoms with Gasteiger partial charge in [0, 0.05) is 18.1 Å². The molecule has 0 saturated carbocycles. The lowest BCUT2D eigenvalue weighted by molar-refractivity contribution is 0.280. The van der Waals surface area contributed by atoms with Crippen LogP contribution in [0.4, 0.5) is 0 Å². The summed E-state index contributed by atoms with van der Waals surface area (Å²) in [6.07, 6.45) is 2.82. The summed E-state index contributed by atoms with van der Waals surface area (Å²) in [6, 6.07) is 3.10. The smallest absolute Gasteiger partial charge is 0.243 e. The van der Waals surface area contributed by atoms with Gasteiger partial charge in [-0.25, -0.2) is 8.42 Å². The molecule has 1 aromatic rings. The van der Waals surface area contributed by atoms with Crippen LogP contribution in [-0.4, -0.2) is 30.9 Å². The van der Waals surface area contributed by atoms with E-state index < -0.39 is 10.0 Å². The predicted octanol–water partition coefficient (Wildman–Crippen LogP) is 2.95. The summed E-state index contributed by atoms with van der Waals surface area (Å²) in [6.45, 7) is 4.75. The Balaban J connectivity index is 2.42. The fraction of sp³-hybridized carbons (Fsp3) is 0.600. The molecule has 1 aliphatic rings. The highest BCUT2D eigenvalue weighted by Gasteiger charge is 2.28. The second-order valence-corrected chi connectivity index (χ2v) is 8.13. The van der Waals surface area contributed by atoms with Crippen molar-refractivity contribution in [3.8, 4) is 0 Å². The quantitative estimate of drug-likeness (QED) is 0.926. The first-order chi connectivity index (χ1) is 9.86. The largest absolute Gasteiger partial charge is 0.392 e. The molecular formula is C15H22ClNO3S. The molecule has 0 amide bonds. The van der Waals surface area contributed by atoms with Crippen molar-refractivity contribution in [1.82, 2.24) is 4.31 Å². The second kappa shape index (κ2) is 6.65. The van der Waals surface area contributed by atoms with E-state index in [0.717, 1.165) is 19.3 Å². The van der Waals surface area contributed by atoms with Crippen LogP contribution in [0.2, 0.25) is 5.02 Å². The summed E-state index contributed by atoms with van der Waals surface area (Å²) in [5, 5.41) is 9.70. The maximum Gasteiger partial charge on any atom is 0.243 e. The molecule has 0 bridgehead atoms. The van der Waals surface area contributed by atoms with Crippen LogP contribution in [0.3, 0.4) is 0 Å². The predicted molar refractivity (Wildman–Crippen MR) is 83.9 cm³/mol. The lowest BCUT2D eigenvalue weighted by Crippen LogP contribution is -2.32. The molecule has 21 heavy (non-hydrogen) atoms. The van der Waals surface area contributed by atoms with Gasteiger partial charge in [-0.05, 0) is 55.4 Å². The Morgan fingerprint density at radius 1 is 1.33 bits per heavy atom. The van der Waals surface area contributed by atoms with Gasteiger partial charge in [-0.2, -0.15) is 4.31 Å². The third-order valence-corrected chi connectivity index (χ3v) is 6.44. The number of hydrogen-bond acceptors (Lipinski definition) is 3. The van der Waals surface area contributed by atoms with Crippen molar-refractivity contribution in [1.29, 1.82) is 0 Å². The van der Waals surface area contributed by atoms with Crippen molar-refractivity contribution in [2.75, 3.05) is 13.1 Å². The van der Waals surface area contributed by atoms with Crippen LogP contribution in [0.5, 0.6) is 0 Å². The number of aliphatic hydroxyl groups excluding tert-OH is 1. The van der Waals surface area contributed by atoms with Crippen molar-refractivity contribution in [3.05, 3.63) is 28.3 Å². The highest BCUT2D eigenvalue weighted by atomic mass is 35.5. The Labute approximate surface area is 131 Å². The monoisotopic (exact) mass is 331 g/mol. The minimum Gasteiger partial charge on any atom is -0.392 e. The summed E-state index contributed by atoms with van der Waals surface area (Å²) in [5.74, 6) is 0.554. The van der Waals surface area contributed by atoms with Crippen molar-refractivity contribution < 1.29 is 13.5 Å². The first-order valence-corrected chi connectivity index (χ1v) is 9.08. The number of benzene rings is 1. The Kier molecular flexibility index (Phi) is 5.30. The summed E-state index contributed by atoms with van der Waals surface area (Å²) in [5.41, 5.74) is 1.14. The van der Waals surface area contributed by atoms with E-state index in [4.69, 9.17) is 11.6 Å². The fourth-order valence-corrected chi connectivity index (χ4v) is 4.85. The van der Waals surface area contributed by atoms with Gasteiger partial charge in [-0.1, -0.05) is 18.5 Å². The van der Waals surface area contributed by atoms with Gasteiger partial charge < -0.3 is 5.11 Å². The molecule has 2 rings (SSSR count). The molecule has 6 heteroatoms. The SMILES string of the molecule is Cc1c(CO)cc(Cl)cc1S(=O)(=O)N1CCCC(C)CC1. The molecule has 1 unspecified atom stereocenters. The zero-order chi connectivity index (χ0) is 15.6. The molecule has 1 aliphatic heterocycles. The minimum absolute atomic E-state index is 0.216. The zero-order valence-corrected chi connectivity index (χ0v) is 14.0. The molecule has 0 aromatic heterocycles. The van der Waals surface area contributed by atoms with Crippen LogP contribution in [0.25, 0.3) is 0 Å². The Bertz CT molecular complexity index is 616. The highest BCUT2D eigenvalue weighted by Crippen LogP contribution is 2.29. The third-order valence-electron chi connectivity index (χ3n) is 4.20.